The topological polar surface area (TPSA) is 64.3 Å². The third-order valence-electron chi connectivity index (χ3n) is 3.06. The SMILES string of the molecule is Cc1cccc(OCCC(=O)NCCC(C)N)c1C.Cl. The van der Waals surface area contributed by atoms with Gasteiger partial charge in [-0.15, -0.1) is 12.4 Å². The average molecular weight is 301 g/mol. The molecule has 0 fully saturated rings. The van der Waals surface area contributed by atoms with Crippen LogP contribution in [0.15, 0.2) is 18.2 Å². The zero-order valence-electron chi connectivity index (χ0n) is 12.4. The van der Waals surface area contributed by atoms with Crippen molar-refractivity contribution in [3.63, 3.8) is 0 Å². The third kappa shape index (κ3) is 6.78. The van der Waals surface area contributed by atoms with Gasteiger partial charge in [-0.25, -0.2) is 0 Å². The molecule has 1 rings (SSSR count). The van der Waals surface area contributed by atoms with E-state index in [-0.39, 0.29) is 24.4 Å². The number of hydrogen-bond donors (Lipinski definition) is 2. The van der Waals surface area contributed by atoms with Crippen LogP contribution in [-0.2, 0) is 4.79 Å². The minimum atomic E-state index is 0. The van der Waals surface area contributed by atoms with E-state index < -0.39 is 0 Å². The lowest BCUT2D eigenvalue weighted by Gasteiger charge is -2.11. The molecule has 114 valence electrons. The Bertz CT molecular complexity index is 422. The number of halogens is 1. The summed E-state index contributed by atoms with van der Waals surface area (Å²) in [7, 11) is 0. The first-order valence-electron chi connectivity index (χ1n) is 6.72. The highest BCUT2D eigenvalue weighted by molar-refractivity contribution is 5.85. The Labute approximate surface area is 127 Å². The average Bonchev–Trinajstić information content (AvgIpc) is 2.34. The van der Waals surface area contributed by atoms with Crippen LogP contribution in [0, 0.1) is 13.8 Å². The van der Waals surface area contributed by atoms with Crippen molar-refractivity contribution >= 4 is 18.3 Å². The molecule has 0 radical (unpaired) electrons. The number of ether oxygens (including phenoxy) is 1. The van der Waals surface area contributed by atoms with Gasteiger partial charge in [-0.05, 0) is 44.4 Å². The number of carbonyl (C=O) groups is 1. The molecule has 1 aromatic carbocycles. The predicted octanol–water partition coefficient (Wildman–Crippen LogP) is 2.35. The molecule has 0 aliphatic carbocycles. The molecule has 0 saturated heterocycles. The number of rotatable bonds is 7. The molecule has 1 unspecified atom stereocenters. The van der Waals surface area contributed by atoms with Gasteiger partial charge in [0.1, 0.15) is 5.75 Å². The number of benzene rings is 1. The molecule has 0 aliphatic rings. The minimum absolute atomic E-state index is 0. The molecule has 3 N–H and O–H groups in total. The van der Waals surface area contributed by atoms with E-state index in [2.05, 4.69) is 5.32 Å². The minimum Gasteiger partial charge on any atom is -0.493 e. The van der Waals surface area contributed by atoms with Crippen LogP contribution in [0.1, 0.15) is 30.9 Å². The Morgan fingerprint density at radius 2 is 2.10 bits per heavy atom. The lowest BCUT2D eigenvalue weighted by atomic mass is 10.1. The first-order chi connectivity index (χ1) is 9.00. The fourth-order valence-electron chi connectivity index (χ4n) is 1.66. The van der Waals surface area contributed by atoms with E-state index in [1.807, 2.05) is 39.0 Å². The van der Waals surface area contributed by atoms with Crippen molar-refractivity contribution in [3.8, 4) is 5.75 Å². The van der Waals surface area contributed by atoms with Crippen LogP contribution in [0.2, 0.25) is 0 Å². The van der Waals surface area contributed by atoms with Crippen molar-refractivity contribution < 1.29 is 9.53 Å². The molecule has 4 nitrogen and oxygen atoms in total. The van der Waals surface area contributed by atoms with Crippen molar-refractivity contribution in [2.45, 2.75) is 39.7 Å². The zero-order valence-corrected chi connectivity index (χ0v) is 13.3. The first-order valence-corrected chi connectivity index (χ1v) is 6.72. The lowest BCUT2D eigenvalue weighted by molar-refractivity contribution is -0.121. The Balaban J connectivity index is 0.00000361. The highest BCUT2D eigenvalue weighted by Gasteiger charge is 2.04. The van der Waals surface area contributed by atoms with Crippen LogP contribution in [0.5, 0.6) is 5.75 Å². The number of carbonyl (C=O) groups excluding carboxylic acids is 1. The summed E-state index contributed by atoms with van der Waals surface area (Å²) in [6, 6.07) is 6.05. The summed E-state index contributed by atoms with van der Waals surface area (Å²) in [5, 5.41) is 2.83. The molecular weight excluding hydrogens is 276 g/mol. The molecule has 1 amide bonds. The molecule has 20 heavy (non-hydrogen) atoms. The number of hydrogen-bond acceptors (Lipinski definition) is 3. The van der Waals surface area contributed by atoms with Gasteiger partial charge >= 0.3 is 0 Å². The lowest BCUT2D eigenvalue weighted by Crippen LogP contribution is -2.29. The van der Waals surface area contributed by atoms with E-state index >= 15 is 0 Å². The molecule has 1 atom stereocenters. The van der Waals surface area contributed by atoms with Crippen molar-refractivity contribution in [2.24, 2.45) is 5.73 Å². The molecule has 5 heteroatoms. The van der Waals surface area contributed by atoms with Gasteiger partial charge in [0, 0.05) is 12.6 Å². The van der Waals surface area contributed by atoms with Crippen LogP contribution in [0.3, 0.4) is 0 Å². The number of amides is 1. The van der Waals surface area contributed by atoms with E-state index in [9.17, 15) is 4.79 Å². The maximum atomic E-state index is 11.5. The number of aryl methyl sites for hydroxylation is 1. The first kappa shape index (κ1) is 18.7. The summed E-state index contributed by atoms with van der Waals surface area (Å²) in [5.41, 5.74) is 7.93. The number of nitrogens with one attached hydrogen (secondary N) is 1. The maximum absolute atomic E-state index is 11.5. The molecule has 0 aromatic heterocycles. The highest BCUT2D eigenvalue weighted by Crippen LogP contribution is 2.20. The number of nitrogens with two attached hydrogens (primary N) is 1. The molecular formula is C15H25ClN2O2. The van der Waals surface area contributed by atoms with Gasteiger partial charge in [0.05, 0.1) is 13.0 Å². The molecule has 1 aromatic rings. The summed E-state index contributed by atoms with van der Waals surface area (Å²) in [6.07, 6.45) is 1.16. The van der Waals surface area contributed by atoms with Crippen LogP contribution < -0.4 is 15.8 Å². The van der Waals surface area contributed by atoms with Crippen molar-refractivity contribution in [1.29, 1.82) is 0 Å². The summed E-state index contributed by atoms with van der Waals surface area (Å²) >= 11 is 0. The summed E-state index contributed by atoms with van der Waals surface area (Å²) in [4.78, 5) is 11.5. The Morgan fingerprint density at radius 1 is 1.40 bits per heavy atom. The van der Waals surface area contributed by atoms with Crippen molar-refractivity contribution in [1.82, 2.24) is 5.32 Å². The van der Waals surface area contributed by atoms with Crippen molar-refractivity contribution in [3.05, 3.63) is 29.3 Å². The smallest absolute Gasteiger partial charge is 0.223 e. The molecule has 0 heterocycles. The van der Waals surface area contributed by atoms with Crippen LogP contribution in [0.25, 0.3) is 0 Å². The maximum Gasteiger partial charge on any atom is 0.223 e. The summed E-state index contributed by atoms with van der Waals surface area (Å²) in [6.45, 7) is 7.01. The van der Waals surface area contributed by atoms with Gasteiger partial charge in [0.2, 0.25) is 5.91 Å². The van der Waals surface area contributed by atoms with E-state index in [0.29, 0.717) is 19.6 Å². The second kappa shape index (κ2) is 9.61. The fourth-order valence-corrected chi connectivity index (χ4v) is 1.66. The fraction of sp³-hybridized carbons (Fsp3) is 0.533. The van der Waals surface area contributed by atoms with Crippen molar-refractivity contribution in [2.75, 3.05) is 13.2 Å². The second-order valence-corrected chi connectivity index (χ2v) is 4.91. The van der Waals surface area contributed by atoms with Crippen LogP contribution >= 0.6 is 12.4 Å². The summed E-state index contributed by atoms with van der Waals surface area (Å²) < 4.78 is 5.63. The van der Waals surface area contributed by atoms with Gasteiger partial charge in [-0.1, -0.05) is 12.1 Å². The van der Waals surface area contributed by atoms with Gasteiger partial charge in [-0.2, -0.15) is 0 Å². The van der Waals surface area contributed by atoms with Crippen LogP contribution in [-0.4, -0.2) is 25.1 Å². The van der Waals surface area contributed by atoms with E-state index in [1.54, 1.807) is 0 Å². The van der Waals surface area contributed by atoms with Gasteiger partial charge in [0.25, 0.3) is 0 Å². The quantitative estimate of drug-likeness (QED) is 0.812. The zero-order chi connectivity index (χ0) is 14.3. The van der Waals surface area contributed by atoms with E-state index in [1.165, 1.54) is 5.56 Å². The van der Waals surface area contributed by atoms with E-state index in [0.717, 1.165) is 17.7 Å². The Hall–Kier alpha value is -1.26. The van der Waals surface area contributed by atoms with Gasteiger partial charge in [-0.3, -0.25) is 4.79 Å². The molecule has 0 aliphatic heterocycles. The standard InChI is InChI=1S/C15H24N2O2.ClH/c1-11-5-4-6-14(13(11)3)19-10-8-15(18)17-9-7-12(2)16;/h4-6,12H,7-10,16H2,1-3H3,(H,17,18);1H. The molecule has 0 bridgehead atoms. The predicted molar refractivity (Wildman–Crippen MR) is 84.6 cm³/mol. The largest absolute Gasteiger partial charge is 0.493 e. The second-order valence-electron chi connectivity index (χ2n) is 4.91. The monoisotopic (exact) mass is 300 g/mol. The Morgan fingerprint density at radius 3 is 2.75 bits per heavy atom. The van der Waals surface area contributed by atoms with E-state index in [4.69, 9.17) is 10.5 Å². The normalized spacial score (nSPS) is 11.4. The van der Waals surface area contributed by atoms with Gasteiger partial charge in [0.15, 0.2) is 0 Å². The van der Waals surface area contributed by atoms with Gasteiger partial charge < -0.3 is 15.8 Å². The highest BCUT2D eigenvalue weighted by atomic mass is 35.5. The molecule has 0 saturated carbocycles. The third-order valence-corrected chi connectivity index (χ3v) is 3.06. The molecule has 0 spiro atoms. The van der Waals surface area contributed by atoms with Crippen LogP contribution in [0.4, 0.5) is 0 Å². The Kier molecular flexibility index (Phi) is 9.01. The summed E-state index contributed by atoms with van der Waals surface area (Å²) in [5.74, 6) is 0.856.